The molecule has 3 rings (SSSR count). The van der Waals surface area contributed by atoms with E-state index in [2.05, 4.69) is 15.3 Å². The average molecular weight is 414 g/mol. The van der Waals surface area contributed by atoms with E-state index in [4.69, 9.17) is 5.73 Å². The zero-order valence-electron chi connectivity index (χ0n) is 15.9. The lowest BCUT2D eigenvalue weighted by molar-refractivity contribution is 0.0690. The number of benzene rings is 1. The molecule has 0 saturated carbocycles. The molecule has 0 aliphatic heterocycles. The van der Waals surface area contributed by atoms with Gasteiger partial charge in [-0.2, -0.15) is 0 Å². The van der Waals surface area contributed by atoms with Gasteiger partial charge in [0, 0.05) is 28.3 Å². The predicted molar refractivity (Wildman–Crippen MR) is 112 cm³/mol. The third-order valence-electron chi connectivity index (χ3n) is 4.50. The lowest BCUT2D eigenvalue weighted by Crippen LogP contribution is -2.12. The Hall–Kier alpha value is -3.04. The monoisotopic (exact) mass is 414 g/mol. The van der Waals surface area contributed by atoms with Crippen molar-refractivity contribution in [2.45, 2.75) is 32.6 Å². The van der Waals surface area contributed by atoms with Crippen LogP contribution in [0, 0.1) is 0 Å². The van der Waals surface area contributed by atoms with E-state index in [0.29, 0.717) is 58.7 Å². The van der Waals surface area contributed by atoms with E-state index in [1.807, 2.05) is 6.92 Å². The van der Waals surface area contributed by atoms with Crippen molar-refractivity contribution in [1.29, 1.82) is 0 Å². The van der Waals surface area contributed by atoms with Crippen LogP contribution in [-0.4, -0.2) is 39.3 Å². The Morgan fingerprint density at radius 2 is 2.10 bits per heavy atom. The normalized spacial score (nSPS) is 11.0. The van der Waals surface area contributed by atoms with Crippen LogP contribution in [0.4, 0.5) is 5.13 Å². The summed E-state index contributed by atoms with van der Waals surface area (Å²) in [4.78, 5) is 43.2. The Morgan fingerprint density at radius 1 is 1.31 bits per heavy atom. The minimum Gasteiger partial charge on any atom is -0.477 e. The summed E-state index contributed by atoms with van der Waals surface area (Å²) in [6, 6.07) is 4.96. The summed E-state index contributed by atoms with van der Waals surface area (Å²) < 4.78 is 0. The molecule has 2 heterocycles. The highest BCUT2D eigenvalue weighted by atomic mass is 32.1. The number of carbonyl (C=O) groups is 3. The molecular weight excluding hydrogens is 392 g/mol. The number of amides is 1. The van der Waals surface area contributed by atoms with Crippen molar-refractivity contribution >= 4 is 45.0 Å². The van der Waals surface area contributed by atoms with Gasteiger partial charge >= 0.3 is 5.97 Å². The van der Waals surface area contributed by atoms with Crippen molar-refractivity contribution in [2.24, 2.45) is 5.73 Å². The minimum absolute atomic E-state index is 0.0521. The first kappa shape index (κ1) is 20.7. The van der Waals surface area contributed by atoms with Gasteiger partial charge in [-0.15, -0.1) is 11.3 Å². The van der Waals surface area contributed by atoms with Crippen LogP contribution in [0.3, 0.4) is 0 Å². The quantitative estimate of drug-likeness (QED) is 0.396. The van der Waals surface area contributed by atoms with E-state index in [1.54, 1.807) is 23.6 Å². The Balaban J connectivity index is 1.86. The molecule has 0 atom stereocenters. The third kappa shape index (κ3) is 4.52. The molecular formula is C20H22N4O4S. The lowest BCUT2D eigenvalue weighted by atomic mass is 10.0. The van der Waals surface area contributed by atoms with Crippen LogP contribution >= 0.6 is 11.3 Å². The molecule has 0 fully saturated rings. The number of carboxylic acid groups (broad SMARTS) is 1. The molecule has 29 heavy (non-hydrogen) atoms. The molecule has 0 spiro atoms. The second-order valence-electron chi connectivity index (χ2n) is 6.60. The Kier molecular flexibility index (Phi) is 6.40. The summed E-state index contributed by atoms with van der Waals surface area (Å²) in [7, 11) is 0. The summed E-state index contributed by atoms with van der Waals surface area (Å²) in [6.07, 6.45) is 2.29. The first-order valence-electron chi connectivity index (χ1n) is 9.32. The number of hydrogen-bond donors (Lipinski definition) is 4. The number of nitrogens with zero attached hydrogens (tertiary/aromatic N) is 1. The third-order valence-corrected chi connectivity index (χ3v) is 5.26. The molecule has 8 nitrogen and oxygen atoms in total. The summed E-state index contributed by atoms with van der Waals surface area (Å²) in [5.74, 6) is -1.48. The molecule has 0 aliphatic carbocycles. The molecule has 152 valence electrons. The van der Waals surface area contributed by atoms with Crippen molar-refractivity contribution in [3.63, 3.8) is 0 Å². The number of aromatic amines is 1. The van der Waals surface area contributed by atoms with Crippen molar-refractivity contribution < 1.29 is 19.5 Å². The number of rotatable bonds is 9. The number of aromatic nitrogens is 2. The number of carboxylic acids is 1. The van der Waals surface area contributed by atoms with E-state index in [9.17, 15) is 19.5 Å². The Morgan fingerprint density at radius 3 is 2.79 bits per heavy atom. The van der Waals surface area contributed by atoms with Crippen LogP contribution in [0.15, 0.2) is 23.6 Å². The Bertz CT molecular complexity index is 1070. The maximum atomic E-state index is 12.7. The molecule has 3 aromatic rings. The first-order valence-corrected chi connectivity index (χ1v) is 10.2. The van der Waals surface area contributed by atoms with Gasteiger partial charge in [-0.3, -0.25) is 14.9 Å². The molecule has 0 aliphatic rings. The van der Waals surface area contributed by atoms with Crippen molar-refractivity contribution in [3.8, 4) is 0 Å². The summed E-state index contributed by atoms with van der Waals surface area (Å²) >= 11 is 1.19. The molecule has 2 aromatic heterocycles. The second-order valence-corrected chi connectivity index (χ2v) is 7.46. The van der Waals surface area contributed by atoms with E-state index >= 15 is 0 Å². The SMILES string of the molecule is CCCC(=O)c1csc(NC(=O)c2ccc3[nH]c(C(=O)O)c(CCCN)c3c2)n1. The summed E-state index contributed by atoms with van der Waals surface area (Å²) in [5.41, 5.74) is 7.69. The highest BCUT2D eigenvalue weighted by Gasteiger charge is 2.19. The number of anilines is 1. The number of carbonyl (C=O) groups excluding carboxylic acids is 2. The van der Waals surface area contributed by atoms with Gasteiger partial charge < -0.3 is 15.8 Å². The van der Waals surface area contributed by atoms with E-state index < -0.39 is 5.97 Å². The van der Waals surface area contributed by atoms with Gasteiger partial charge in [0.05, 0.1) is 0 Å². The van der Waals surface area contributed by atoms with Crippen molar-refractivity contribution in [2.75, 3.05) is 11.9 Å². The minimum atomic E-state index is -1.05. The Labute approximate surface area is 171 Å². The highest BCUT2D eigenvalue weighted by Crippen LogP contribution is 2.26. The average Bonchev–Trinajstić information content (AvgIpc) is 3.30. The van der Waals surface area contributed by atoms with Crippen LogP contribution in [0.2, 0.25) is 0 Å². The zero-order valence-corrected chi connectivity index (χ0v) is 16.8. The second kappa shape index (κ2) is 8.97. The number of nitrogens with two attached hydrogens (primary N) is 1. The predicted octanol–water partition coefficient (Wildman–Crippen LogP) is 3.45. The number of H-pyrrole nitrogens is 1. The topological polar surface area (TPSA) is 138 Å². The fraction of sp³-hybridized carbons (Fsp3) is 0.300. The fourth-order valence-electron chi connectivity index (χ4n) is 3.09. The number of aryl methyl sites for hydroxylation is 1. The number of aromatic carboxylic acids is 1. The van der Waals surface area contributed by atoms with Gasteiger partial charge in [-0.25, -0.2) is 9.78 Å². The molecule has 9 heteroatoms. The molecule has 0 saturated heterocycles. The van der Waals surface area contributed by atoms with Gasteiger partial charge in [-0.1, -0.05) is 6.92 Å². The van der Waals surface area contributed by atoms with Gasteiger partial charge in [0.2, 0.25) is 0 Å². The van der Waals surface area contributed by atoms with E-state index in [0.717, 1.165) is 6.42 Å². The number of nitrogens with one attached hydrogen (secondary N) is 2. The number of ketones is 1. The molecule has 0 bridgehead atoms. The maximum absolute atomic E-state index is 12.7. The standard InChI is InChI=1S/C20H22N4O4S/c1-2-4-16(25)15-10-29-20(23-15)24-18(26)11-6-7-14-13(9-11)12(5-3-8-21)17(22-14)19(27)28/h6-7,9-10,22H,2-5,8,21H2,1H3,(H,27,28)(H,23,24,26). The van der Waals surface area contributed by atoms with Crippen LogP contribution in [0.25, 0.3) is 10.9 Å². The number of Topliss-reactive ketones (excluding diaryl/α,β-unsaturated/α-hetero) is 1. The number of hydrogen-bond acceptors (Lipinski definition) is 6. The molecule has 1 aromatic carbocycles. The van der Waals surface area contributed by atoms with Gasteiger partial charge in [-0.05, 0) is 49.6 Å². The summed E-state index contributed by atoms with van der Waals surface area (Å²) in [5, 5.41) is 14.8. The van der Waals surface area contributed by atoms with Crippen LogP contribution in [-0.2, 0) is 6.42 Å². The van der Waals surface area contributed by atoms with E-state index in [-0.39, 0.29) is 17.4 Å². The van der Waals surface area contributed by atoms with Gasteiger partial charge in [0.1, 0.15) is 11.4 Å². The maximum Gasteiger partial charge on any atom is 0.352 e. The van der Waals surface area contributed by atoms with Crippen molar-refractivity contribution in [3.05, 3.63) is 46.1 Å². The van der Waals surface area contributed by atoms with Crippen LogP contribution < -0.4 is 11.1 Å². The molecule has 5 N–H and O–H groups in total. The first-order chi connectivity index (χ1) is 13.9. The number of fused-ring (bicyclic) bond motifs is 1. The molecule has 0 unspecified atom stereocenters. The van der Waals surface area contributed by atoms with Crippen molar-refractivity contribution in [1.82, 2.24) is 9.97 Å². The molecule has 0 radical (unpaired) electrons. The summed E-state index contributed by atoms with van der Waals surface area (Å²) in [6.45, 7) is 2.36. The number of thiazole rings is 1. The smallest absolute Gasteiger partial charge is 0.352 e. The van der Waals surface area contributed by atoms with E-state index in [1.165, 1.54) is 11.3 Å². The van der Waals surface area contributed by atoms with Gasteiger partial charge in [0.25, 0.3) is 5.91 Å². The molecule has 1 amide bonds. The largest absolute Gasteiger partial charge is 0.477 e. The van der Waals surface area contributed by atoms with Gasteiger partial charge in [0.15, 0.2) is 10.9 Å². The highest BCUT2D eigenvalue weighted by molar-refractivity contribution is 7.14. The van der Waals surface area contributed by atoms with Crippen LogP contribution in [0.1, 0.15) is 63.1 Å². The van der Waals surface area contributed by atoms with Crippen LogP contribution in [0.5, 0.6) is 0 Å². The lowest BCUT2D eigenvalue weighted by Gasteiger charge is -2.04. The zero-order chi connectivity index (χ0) is 21.0. The fourth-order valence-corrected chi connectivity index (χ4v) is 3.80.